The molecule has 3 rings (SSSR count). The van der Waals surface area contributed by atoms with Gasteiger partial charge in [-0.05, 0) is 43.3 Å². The van der Waals surface area contributed by atoms with Crippen LogP contribution in [0.4, 0.5) is 11.4 Å². The summed E-state index contributed by atoms with van der Waals surface area (Å²) in [5.41, 5.74) is 3.51. The van der Waals surface area contributed by atoms with Gasteiger partial charge in [-0.3, -0.25) is 15.0 Å². The van der Waals surface area contributed by atoms with Gasteiger partial charge in [-0.1, -0.05) is 36.8 Å². The minimum Gasteiger partial charge on any atom is -0.466 e. The summed E-state index contributed by atoms with van der Waals surface area (Å²) in [4.78, 5) is 25.3. The van der Waals surface area contributed by atoms with Crippen LogP contribution in [0.2, 0.25) is 0 Å². The number of thiocarbonyl (C=S) groups is 1. The molecule has 0 unspecified atom stereocenters. The summed E-state index contributed by atoms with van der Waals surface area (Å²) in [5.74, 6) is -0.509. The predicted molar refractivity (Wildman–Crippen MR) is 115 cm³/mol. The number of hydrogen-bond acceptors (Lipinski definition) is 5. The van der Waals surface area contributed by atoms with Gasteiger partial charge in [-0.2, -0.15) is 0 Å². The van der Waals surface area contributed by atoms with Gasteiger partial charge in [0.2, 0.25) is 0 Å². The first-order valence-corrected chi connectivity index (χ1v) is 9.51. The summed E-state index contributed by atoms with van der Waals surface area (Å²) in [6, 6.07) is 13.3. The molecule has 2 aromatic carbocycles. The fourth-order valence-corrected chi connectivity index (χ4v) is 3.73. The highest BCUT2D eigenvalue weighted by atomic mass is 32.1. The van der Waals surface area contributed by atoms with Crippen LogP contribution in [0.1, 0.15) is 30.5 Å². The number of ether oxygens (including phenoxy) is 1. The van der Waals surface area contributed by atoms with Crippen LogP contribution in [0, 0.1) is 17.0 Å². The molecule has 0 saturated heterocycles. The lowest BCUT2D eigenvalue weighted by atomic mass is 9.93. The summed E-state index contributed by atoms with van der Waals surface area (Å²) in [6.07, 6.45) is 0.519. The Hall–Kier alpha value is -3.26. The SMILES string of the molecule is CCC1=C(C(=O)OC)[C@H](c2cccc([N+](=O)[O-])c2)NC(=S)N1c1ccc(C)cc1. The molecule has 0 amide bonds. The molecule has 0 spiro atoms. The summed E-state index contributed by atoms with van der Waals surface area (Å²) < 4.78 is 5.05. The number of nitrogens with one attached hydrogen (secondary N) is 1. The third kappa shape index (κ3) is 3.97. The maximum Gasteiger partial charge on any atom is 0.337 e. The van der Waals surface area contributed by atoms with Gasteiger partial charge in [0.15, 0.2) is 5.11 Å². The van der Waals surface area contributed by atoms with Crippen LogP contribution in [-0.2, 0) is 9.53 Å². The molecule has 29 heavy (non-hydrogen) atoms. The first kappa shape index (κ1) is 20.5. The van der Waals surface area contributed by atoms with E-state index in [4.69, 9.17) is 17.0 Å². The molecule has 0 aliphatic carbocycles. The average molecular weight is 411 g/mol. The maximum atomic E-state index is 12.8. The van der Waals surface area contributed by atoms with E-state index < -0.39 is 16.9 Å². The number of carbonyl (C=O) groups is 1. The van der Waals surface area contributed by atoms with Gasteiger partial charge < -0.3 is 10.1 Å². The van der Waals surface area contributed by atoms with Gasteiger partial charge in [-0.25, -0.2) is 4.79 Å². The first-order valence-electron chi connectivity index (χ1n) is 9.10. The second kappa shape index (κ2) is 8.40. The molecule has 7 nitrogen and oxygen atoms in total. The van der Waals surface area contributed by atoms with E-state index in [1.807, 2.05) is 43.0 Å². The molecular formula is C21H21N3O4S. The van der Waals surface area contributed by atoms with E-state index in [9.17, 15) is 14.9 Å². The van der Waals surface area contributed by atoms with Crippen molar-refractivity contribution in [1.82, 2.24) is 5.32 Å². The Morgan fingerprint density at radius 1 is 1.28 bits per heavy atom. The van der Waals surface area contributed by atoms with Crippen molar-refractivity contribution in [2.24, 2.45) is 0 Å². The van der Waals surface area contributed by atoms with Crippen molar-refractivity contribution in [3.63, 3.8) is 0 Å². The van der Waals surface area contributed by atoms with Crippen molar-refractivity contribution in [2.45, 2.75) is 26.3 Å². The Kier molecular flexibility index (Phi) is 5.93. The van der Waals surface area contributed by atoms with Gasteiger partial charge in [0.05, 0.1) is 23.6 Å². The van der Waals surface area contributed by atoms with E-state index >= 15 is 0 Å². The summed E-state index contributed by atoms with van der Waals surface area (Å²) in [7, 11) is 1.32. The zero-order valence-electron chi connectivity index (χ0n) is 16.3. The molecule has 0 bridgehead atoms. The van der Waals surface area contributed by atoms with E-state index in [0.29, 0.717) is 28.4 Å². The fraction of sp³-hybridized carbons (Fsp3) is 0.238. The van der Waals surface area contributed by atoms with Crippen LogP contribution < -0.4 is 10.2 Å². The van der Waals surface area contributed by atoms with E-state index in [1.165, 1.54) is 19.2 Å². The second-order valence-corrected chi connectivity index (χ2v) is 7.00. The number of allylic oxidation sites excluding steroid dienone is 1. The number of nitro groups is 1. The molecule has 0 saturated carbocycles. The number of esters is 1. The predicted octanol–water partition coefficient (Wildman–Crippen LogP) is 4.18. The first-order chi connectivity index (χ1) is 13.9. The third-order valence-electron chi connectivity index (χ3n) is 4.79. The second-order valence-electron chi connectivity index (χ2n) is 6.61. The molecule has 1 N–H and O–H groups in total. The number of benzene rings is 2. The zero-order chi connectivity index (χ0) is 21.1. The summed E-state index contributed by atoms with van der Waals surface area (Å²) in [6.45, 7) is 3.92. The number of non-ortho nitro benzene ring substituents is 1. The van der Waals surface area contributed by atoms with Gasteiger partial charge in [0.25, 0.3) is 5.69 Å². The van der Waals surface area contributed by atoms with Gasteiger partial charge in [0, 0.05) is 23.5 Å². The highest BCUT2D eigenvalue weighted by Crippen LogP contribution is 2.36. The minimum absolute atomic E-state index is 0.0570. The number of nitro benzene ring substituents is 1. The van der Waals surface area contributed by atoms with E-state index in [1.54, 1.807) is 12.1 Å². The van der Waals surface area contributed by atoms with E-state index in [2.05, 4.69) is 5.32 Å². The van der Waals surface area contributed by atoms with E-state index in [0.717, 1.165) is 11.3 Å². The minimum atomic E-state index is -0.647. The highest BCUT2D eigenvalue weighted by Gasteiger charge is 2.36. The Labute approximate surface area is 174 Å². The lowest BCUT2D eigenvalue weighted by Gasteiger charge is -2.38. The standard InChI is InChI=1S/C21H21N3O4S/c1-4-17-18(20(25)28-3)19(14-6-5-7-16(12-14)24(26)27)22-21(29)23(17)15-10-8-13(2)9-11-15/h5-12,19H,4H2,1-3H3,(H,22,29)/t19-/m0/s1. The van der Waals surface area contributed by atoms with Crippen molar-refractivity contribution < 1.29 is 14.5 Å². The normalized spacial score (nSPS) is 16.4. The number of hydrogen-bond donors (Lipinski definition) is 1. The quantitative estimate of drug-likeness (QED) is 0.342. The Balaban J connectivity index is 2.18. The molecule has 0 radical (unpaired) electrons. The average Bonchev–Trinajstić information content (AvgIpc) is 2.73. The lowest BCUT2D eigenvalue weighted by molar-refractivity contribution is -0.384. The number of carbonyl (C=O) groups excluding carboxylic acids is 1. The van der Waals surface area contributed by atoms with Crippen molar-refractivity contribution in [2.75, 3.05) is 12.0 Å². The number of nitrogens with zero attached hydrogens (tertiary/aromatic N) is 2. The molecular weight excluding hydrogens is 390 g/mol. The molecule has 1 aliphatic heterocycles. The summed E-state index contributed by atoms with van der Waals surface area (Å²) in [5, 5.41) is 14.8. The molecule has 1 heterocycles. The van der Waals surface area contributed by atoms with Crippen LogP contribution in [0.25, 0.3) is 0 Å². The van der Waals surface area contributed by atoms with Crippen LogP contribution in [-0.4, -0.2) is 23.1 Å². The van der Waals surface area contributed by atoms with Crippen molar-refractivity contribution in [1.29, 1.82) is 0 Å². The number of methoxy groups -OCH3 is 1. The fourth-order valence-electron chi connectivity index (χ4n) is 3.40. The molecule has 150 valence electrons. The summed E-state index contributed by atoms with van der Waals surface area (Å²) >= 11 is 5.62. The van der Waals surface area contributed by atoms with Crippen LogP contribution in [0.5, 0.6) is 0 Å². The molecule has 1 atom stereocenters. The van der Waals surface area contributed by atoms with Gasteiger partial charge >= 0.3 is 5.97 Å². The topological polar surface area (TPSA) is 84.7 Å². The van der Waals surface area contributed by atoms with Crippen molar-refractivity contribution >= 4 is 34.7 Å². The highest BCUT2D eigenvalue weighted by molar-refractivity contribution is 7.80. The number of rotatable bonds is 5. The van der Waals surface area contributed by atoms with Gasteiger partial charge in [-0.15, -0.1) is 0 Å². The van der Waals surface area contributed by atoms with E-state index in [-0.39, 0.29) is 5.69 Å². The Bertz CT molecular complexity index is 1000. The smallest absolute Gasteiger partial charge is 0.337 e. The monoisotopic (exact) mass is 411 g/mol. The van der Waals surface area contributed by atoms with Crippen molar-refractivity contribution in [3.8, 4) is 0 Å². The molecule has 2 aromatic rings. The zero-order valence-corrected chi connectivity index (χ0v) is 17.2. The molecule has 0 fully saturated rings. The maximum absolute atomic E-state index is 12.8. The largest absolute Gasteiger partial charge is 0.466 e. The van der Waals surface area contributed by atoms with Gasteiger partial charge in [0.1, 0.15) is 0 Å². The number of anilines is 1. The molecule has 1 aliphatic rings. The third-order valence-corrected chi connectivity index (χ3v) is 5.09. The molecule has 0 aromatic heterocycles. The van der Waals surface area contributed by atoms with Crippen molar-refractivity contribution in [3.05, 3.63) is 81.0 Å². The van der Waals surface area contributed by atoms with Crippen LogP contribution in [0.15, 0.2) is 59.8 Å². The molecule has 8 heteroatoms. The Morgan fingerprint density at radius 3 is 2.55 bits per heavy atom. The number of aryl methyl sites for hydroxylation is 1. The van der Waals surface area contributed by atoms with Crippen LogP contribution in [0.3, 0.4) is 0 Å². The lowest BCUT2D eigenvalue weighted by Crippen LogP contribution is -2.48. The Morgan fingerprint density at radius 2 is 1.97 bits per heavy atom. The van der Waals surface area contributed by atoms with Crippen LogP contribution >= 0.6 is 12.2 Å².